The van der Waals surface area contributed by atoms with Gasteiger partial charge in [-0.3, -0.25) is 0 Å². The standard InChI is InChI=1S/C7H11NO/c1-8-6-3-2-4-7(9)5-6/h4-5,8-9H,2-3H2,1H3. The van der Waals surface area contributed by atoms with Gasteiger partial charge in [-0.2, -0.15) is 0 Å². The van der Waals surface area contributed by atoms with Crippen molar-refractivity contribution >= 4 is 0 Å². The summed E-state index contributed by atoms with van der Waals surface area (Å²) < 4.78 is 0. The Kier molecular flexibility index (Phi) is 1.78. The molecule has 0 aromatic heterocycles. The van der Waals surface area contributed by atoms with Crippen molar-refractivity contribution < 1.29 is 5.11 Å². The van der Waals surface area contributed by atoms with Crippen LogP contribution < -0.4 is 5.32 Å². The first kappa shape index (κ1) is 6.20. The lowest BCUT2D eigenvalue weighted by Gasteiger charge is -2.08. The van der Waals surface area contributed by atoms with Crippen molar-refractivity contribution in [3.8, 4) is 0 Å². The molecule has 50 valence electrons. The lowest BCUT2D eigenvalue weighted by molar-refractivity contribution is 0.424. The third kappa shape index (κ3) is 1.49. The van der Waals surface area contributed by atoms with Gasteiger partial charge in [0, 0.05) is 12.7 Å². The highest BCUT2D eigenvalue weighted by molar-refractivity contribution is 5.20. The minimum absolute atomic E-state index is 0.380. The molecule has 2 N–H and O–H groups in total. The number of hydrogen-bond donors (Lipinski definition) is 2. The zero-order valence-electron chi connectivity index (χ0n) is 5.52. The summed E-state index contributed by atoms with van der Waals surface area (Å²) in [5.74, 6) is 0.380. The SMILES string of the molecule is CNC1=CC(O)=CCC1. The van der Waals surface area contributed by atoms with Gasteiger partial charge < -0.3 is 10.4 Å². The Labute approximate surface area is 54.9 Å². The Bertz CT molecular complexity index is 158. The van der Waals surface area contributed by atoms with Crippen LogP contribution >= 0.6 is 0 Å². The number of aliphatic hydroxyl groups excluding tert-OH is 1. The molecule has 2 heteroatoms. The van der Waals surface area contributed by atoms with E-state index in [1.807, 2.05) is 13.1 Å². The maximum Gasteiger partial charge on any atom is 0.113 e. The van der Waals surface area contributed by atoms with E-state index in [2.05, 4.69) is 5.32 Å². The van der Waals surface area contributed by atoms with Crippen LogP contribution in [-0.2, 0) is 0 Å². The molecule has 1 aliphatic rings. The lowest BCUT2D eigenvalue weighted by atomic mass is 10.1. The Balaban J connectivity index is 2.63. The first-order valence-corrected chi connectivity index (χ1v) is 3.10. The van der Waals surface area contributed by atoms with Crippen molar-refractivity contribution in [2.45, 2.75) is 12.8 Å². The van der Waals surface area contributed by atoms with E-state index in [-0.39, 0.29) is 0 Å². The molecule has 0 spiro atoms. The van der Waals surface area contributed by atoms with E-state index >= 15 is 0 Å². The minimum Gasteiger partial charge on any atom is -0.508 e. The predicted octanol–water partition coefficient (Wildman–Crippen LogP) is 1.33. The van der Waals surface area contributed by atoms with Crippen LogP contribution in [0.3, 0.4) is 0 Å². The molecule has 0 heterocycles. The van der Waals surface area contributed by atoms with Crippen molar-refractivity contribution in [1.82, 2.24) is 5.32 Å². The quantitative estimate of drug-likeness (QED) is 0.554. The second-order valence-electron chi connectivity index (χ2n) is 2.09. The molecule has 2 nitrogen and oxygen atoms in total. The molecular formula is C7H11NO. The van der Waals surface area contributed by atoms with Crippen molar-refractivity contribution in [2.24, 2.45) is 0 Å². The Morgan fingerprint density at radius 1 is 1.67 bits per heavy atom. The summed E-state index contributed by atoms with van der Waals surface area (Å²) in [6, 6.07) is 0. The number of rotatable bonds is 1. The zero-order chi connectivity index (χ0) is 6.69. The van der Waals surface area contributed by atoms with Crippen molar-refractivity contribution in [2.75, 3.05) is 7.05 Å². The van der Waals surface area contributed by atoms with Crippen LogP contribution in [0.25, 0.3) is 0 Å². The van der Waals surface area contributed by atoms with Gasteiger partial charge in [-0.15, -0.1) is 0 Å². The molecule has 0 radical (unpaired) electrons. The van der Waals surface area contributed by atoms with Gasteiger partial charge >= 0.3 is 0 Å². The maximum absolute atomic E-state index is 8.96. The zero-order valence-corrected chi connectivity index (χ0v) is 5.52. The summed E-state index contributed by atoms with van der Waals surface area (Å²) in [5, 5.41) is 12.0. The monoisotopic (exact) mass is 125 g/mol. The van der Waals surface area contributed by atoms with E-state index in [0.29, 0.717) is 5.76 Å². The van der Waals surface area contributed by atoms with Crippen molar-refractivity contribution in [3.63, 3.8) is 0 Å². The fourth-order valence-corrected chi connectivity index (χ4v) is 0.882. The molecule has 0 bridgehead atoms. The third-order valence-electron chi connectivity index (χ3n) is 1.41. The molecule has 0 aliphatic heterocycles. The fraction of sp³-hybridized carbons (Fsp3) is 0.429. The maximum atomic E-state index is 8.96. The summed E-state index contributed by atoms with van der Waals surface area (Å²) in [7, 11) is 1.87. The molecule has 1 aliphatic carbocycles. The summed E-state index contributed by atoms with van der Waals surface area (Å²) in [6.07, 6.45) is 5.53. The molecule has 0 fully saturated rings. The Morgan fingerprint density at radius 3 is 2.89 bits per heavy atom. The lowest BCUT2D eigenvalue weighted by Crippen LogP contribution is -2.07. The van der Waals surface area contributed by atoms with Crippen molar-refractivity contribution in [1.29, 1.82) is 0 Å². The van der Waals surface area contributed by atoms with Gasteiger partial charge in [0.25, 0.3) is 0 Å². The first-order valence-electron chi connectivity index (χ1n) is 3.10. The number of aliphatic hydroxyl groups is 1. The van der Waals surface area contributed by atoms with Crippen LogP contribution in [0.2, 0.25) is 0 Å². The highest BCUT2D eigenvalue weighted by atomic mass is 16.3. The van der Waals surface area contributed by atoms with Crippen LogP contribution in [0.1, 0.15) is 12.8 Å². The number of allylic oxidation sites excluding steroid dienone is 3. The Hall–Kier alpha value is -0.920. The molecule has 9 heavy (non-hydrogen) atoms. The molecule has 0 amide bonds. The predicted molar refractivity (Wildman–Crippen MR) is 37.1 cm³/mol. The summed E-state index contributed by atoms with van der Waals surface area (Å²) in [6.45, 7) is 0. The Morgan fingerprint density at radius 2 is 2.44 bits per heavy atom. The van der Waals surface area contributed by atoms with E-state index in [4.69, 9.17) is 5.11 Å². The van der Waals surface area contributed by atoms with E-state index in [9.17, 15) is 0 Å². The molecule has 0 aromatic carbocycles. The average molecular weight is 125 g/mol. The summed E-state index contributed by atoms with van der Waals surface area (Å²) >= 11 is 0. The largest absolute Gasteiger partial charge is 0.508 e. The molecule has 0 saturated carbocycles. The molecular weight excluding hydrogens is 114 g/mol. The van der Waals surface area contributed by atoms with Gasteiger partial charge in [-0.25, -0.2) is 0 Å². The molecule has 0 atom stereocenters. The summed E-state index contributed by atoms with van der Waals surface area (Å²) in [4.78, 5) is 0. The van der Waals surface area contributed by atoms with Crippen LogP contribution in [0.5, 0.6) is 0 Å². The van der Waals surface area contributed by atoms with E-state index < -0.39 is 0 Å². The van der Waals surface area contributed by atoms with Gasteiger partial charge in [0.2, 0.25) is 0 Å². The molecule has 0 saturated heterocycles. The van der Waals surface area contributed by atoms with Gasteiger partial charge in [-0.1, -0.05) is 0 Å². The normalized spacial score (nSPS) is 18.3. The molecule has 1 rings (SSSR count). The molecule has 0 aromatic rings. The summed E-state index contributed by atoms with van der Waals surface area (Å²) in [5.41, 5.74) is 1.11. The van der Waals surface area contributed by atoms with Gasteiger partial charge in [0.05, 0.1) is 0 Å². The van der Waals surface area contributed by atoms with E-state index in [1.165, 1.54) is 0 Å². The smallest absolute Gasteiger partial charge is 0.113 e. The topological polar surface area (TPSA) is 32.3 Å². The second kappa shape index (κ2) is 2.58. The second-order valence-corrected chi connectivity index (χ2v) is 2.09. The molecule has 0 unspecified atom stereocenters. The minimum atomic E-state index is 0.380. The van der Waals surface area contributed by atoms with Crippen molar-refractivity contribution in [3.05, 3.63) is 23.6 Å². The van der Waals surface area contributed by atoms with Gasteiger partial charge in [-0.05, 0) is 25.0 Å². The third-order valence-corrected chi connectivity index (χ3v) is 1.41. The fourth-order valence-electron chi connectivity index (χ4n) is 0.882. The van der Waals surface area contributed by atoms with Crippen LogP contribution in [-0.4, -0.2) is 12.2 Å². The highest BCUT2D eigenvalue weighted by Gasteiger charge is 2.00. The number of nitrogens with one attached hydrogen (secondary N) is 1. The van der Waals surface area contributed by atoms with E-state index in [0.717, 1.165) is 18.5 Å². The van der Waals surface area contributed by atoms with Crippen LogP contribution in [0.15, 0.2) is 23.6 Å². The van der Waals surface area contributed by atoms with E-state index in [1.54, 1.807) is 6.08 Å². The number of hydrogen-bond acceptors (Lipinski definition) is 2. The van der Waals surface area contributed by atoms with Gasteiger partial charge in [0.1, 0.15) is 5.76 Å². The highest BCUT2D eigenvalue weighted by Crippen LogP contribution is 2.11. The van der Waals surface area contributed by atoms with Gasteiger partial charge in [0.15, 0.2) is 0 Å². The average Bonchev–Trinajstić information content (AvgIpc) is 1.88. The van der Waals surface area contributed by atoms with Crippen LogP contribution in [0.4, 0.5) is 0 Å². The first-order chi connectivity index (χ1) is 4.33. The van der Waals surface area contributed by atoms with Crippen LogP contribution in [0, 0.1) is 0 Å².